The van der Waals surface area contributed by atoms with E-state index in [4.69, 9.17) is 9.84 Å². The van der Waals surface area contributed by atoms with Gasteiger partial charge in [0, 0.05) is 26.8 Å². The van der Waals surface area contributed by atoms with Gasteiger partial charge >= 0.3 is 5.97 Å². The van der Waals surface area contributed by atoms with Crippen LogP contribution in [0.2, 0.25) is 0 Å². The van der Waals surface area contributed by atoms with E-state index in [1.807, 2.05) is 0 Å². The second kappa shape index (κ2) is 8.95. The lowest BCUT2D eigenvalue weighted by molar-refractivity contribution is -0.147. The summed E-state index contributed by atoms with van der Waals surface area (Å²) in [5, 5.41) is 8.76. The number of nitrogens with zero attached hydrogens (tertiary/aromatic N) is 1. The van der Waals surface area contributed by atoms with Crippen molar-refractivity contribution in [2.45, 2.75) is 13.3 Å². The zero-order valence-corrected chi connectivity index (χ0v) is 10.6. The first-order valence-electron chi connectivity index (χ1n) is 5.52. The molecule has 0 aromatic carbocycles. The molecule has 1 amide bonds. The van der Waals surface area contributed by atoms with E-state index in [9.17, 15) is 9.59 Å². The number of hydrogen-bond donors (Lipinski definition) is 1. The molecule has 1 unspecified atom stereocenters. The van der Waals surface area contributed by atoms with Crippen LogP contribution < -0.4 is 0 Å². The number of ether oxygens (including phenoxy) is 2. The summed E-state index contributed by atoms with van der Waals surface area (Å²) < 4.78 is 9.36. The average molecular weight is 247 g/mol. The molecule has 0 aliphatic heterocycles. The first kappa shape index (κ1) is 15.9. The number of aliphatic hydroxyl groups is 1. The smallest absolute Gasteiger partial charge is 0.310 e. The quantitative estimate of drug-likeness (QED) is 0.593. The van der Waals surface area contributed by atoms with Gasteiger partial charge < -0.3 is 19.5 Å². The maximum atomic E-state index is 11.7. The fourth-order valence-corrected chi connectivity index (χ4v) is 1.40. The molecule has 0 saturated carbocycles. The van der Waals surface area contributed by atoms with Gasteiger partial charge in [-0.3, -0.25) is 9.59 Å². The van der Waals surface area contributed by atoms with E-state index in [1.165, 1.54) is 19.1 Å². The molecule has 0 bridgehead atoms. The van der Waals surface area contributed by atoms with Gasteiger partial charge in [0.15, 0.2) is 0 Å². The average Bonchev–Trinajstić information content (AvgIpc) is 2.33. The Morgan fingerprint density at radius 1 is 1.35 bits per heavy atom. The van der Waals surface area contributed by atoms with Crippen molar-refractivity contribution in [2.75, 3.05) is 40.5 Å². The summed E-state index contributed by atoms with van der Waals surface area (Å²) in [4.78, 5) is 24.4. The lowest BCUT2D eigenvalue weighted by Gasteiger charge is -2.24. The highest BCUT2D eigenvalue weighted by Crippen LogP contribution is 2.04. The van der Waals surface area contributed by atoms with E-state index in [0.29, 0.717) is 13.0 Å². The van der Waals surface area contributed by atoms with Crippen LogP contribution in [0.15, 0.2) is 0 Å². The van der Waals surface area contributed by atoms with Gasteiger partial charge in [-0.25, -0.2) is 0 Å². The van der Waals surface area contributed by atoms with E-state index in [1.54, 1.807) is 6.92 Å². The minimum atomic E-state index is -0.389. The van der Waals surface area contributed by atoms with Gasteiger partial charge in [0.2, 0.25) is 5.91 Å². The molecule has 0 aliphatic carbocycles. The summed E-state index contributed by atoms with van der Waals surface area (Å²) in [5.41, 5.74) is 0. The highest BCUT2D eigenvalue weighted by molar-refractivity contribution is 5.78. The number of carbonyl (C=O) groups is 2. The Morgan fingerprint density at radius 3 is 2.47 bits per heavy atom. The van der Waals surface area contributed by atoms with Crippen molar-refractivity contribution >= 4 is 11.9 Å². The molecule has 0 fully saturated rings. The molecular formula is C11H21NO5. The Hall–Kier alpha value is -1.14. The van der Waals surface area contributed by atoms with Crippen molar-refractivity contribution in [3.05, 3.63) is 0 Å². The third-order valence-electron chi connectivity index (χ3n) is 2.30. The van der Waals surface area contributed by atoms with Crippen LogP contribution in [-0.2, 0) is 19.1 Å². The summed E-state index contributed by atoms with van der Waals surface area (Å²) in [6.07, 6.45) is 0.476. The summed E-state index contributed by atoms with van der Waals surface area (Å²) in [7, 11) is 2.75. The van der Waals surface area contributed by atoms with Gasteiger partial charge in [-0.15, -0.1) is 0 Å². The second-order valence-electron chi connectivity index (χ2n) is 3.77. The molecule has 6 nitrogen and oxygen atoms in total. The summed E-state index contributed by atoms with van der Waals surface area (Å²) in [5.74, 6) is -0.944. The zero-order valence-electron chi connectivity index (χ0n) is 10.6. The van der Waals surface area contributed by atoms with Crippen LogP contribution >= 0.6 is 0 Å². The van der Waals surface area contributed by atoms with Crippen molar-refractivity contribution in [3.63, 3.8) is 0 Å². The number of methoxy groups -OCH3 is 2. The maximum absolute atomic E-state index is 11.7. The van der Waals surface area contributed by atoms with Gasteiger partial charge in [0.25, 0.3) is 0 Å². The fraction of sp³-hybridized carbons (Fsp3) is 0.818. The standard InChI is InChI=1S/C11H21NO5/c1-9(11(15)17-3)7-12(5-4-6-13)10(14)8-16-2/h9,13H,4-8H2,1-3H3. The number of rotatable bonds is 8. The first-order valence-corrected chi connectivity index (χ1v) is 5.52. The molecule has 0 spiro atoms. The fourth-order valence-electron chi connectivity index (χ4n) is 1.40. The Labute approximate surface area is 101 Å². The molecule has 0 aromatic heterocycles. The molecule has 0 aromatic rings. The summed E-state index contributed by atoms with van der Waals surface area (Å²) >= 11 is 0. The molecule has 100 valence electrons. The Bertz CT molecular complexity index is 244. The van der Waals surface area contributed by atoms with Gasteiger partial charge in [0.1, 0.15) is 6.61 Å². The first-order chi connectivity index (χ1) is 8.06. The molecular weight excluding hydrogens is 226 g/mol. The van der Waals surface area contributed by atoms with Gasteiger partial charge in [-0.05, 0) is 6.42 Å². The Kier molecular flexibility index (Phi) is 8.35. The minimum absolute atomic E-state index is 0.00334. The van der Waals surface area contributed by atoms with Crippen molar-refractivity contribution in [1.29, 1.82) is 0 Å². The van der Waals surface area contributed by atoms with E-state index in [2.05, 4.69) is 4.74 Å². The lowest BCUT2D eigenvalue weighted by Crippen LogP contribution is -2.40. The molecule has 0 saturated heterocycles. The monoisotopic (exact) mass is 247 g/mol. The van der Waals surface area contributed by atoms with Crippen LogP contribution in [0, 0.1) is 5.92 Å². The van der Waals surface area contributed by atoms with Crippen molar-refractivity contribution in [2.24, 2.45) is 5.92 Å². The van der Waals surface area contributed by atoms with E-state index in [0.717, 1.165) is 0 Å². The summed E-state index contributed by atoms with van der Waals surface area (Å²) in [6.45, 7) is 2.34. The Balaban J connectivity index is 4.36. The molecule has 0 radical (unpaired) electrons. The highest BCUT2D eigenvalue weighted by Gasteiger charge is 2.20. The van der Waals surface area contributed by atoms with Gasteiger partial charge in [-0.2, -0.15) is 0 Å². The minimum Gasteiger partial charge on any atom is -0.469 e. The van der Waals surface area contributed by atoms with Crippen LogP contribution in [0.3, 0.4) is 0 Å². The van der Waals surface area contributed by atoms with Crippen molar-refractivity contribution < 1.29 is 24.2 Å². The molecule has 6 heteroatoms. The van der Waals surface area contributed by atoms with Crippen LogP contribution in [0.5, 0.6) is 0 Å². The predicted molar refractivity (Wildman–Crippen MR) is 61.3 cm³/mol. The summed E-state index contributed by atoms with van der Waals surface area (Å²) in [6, 6.07) is 0. The lowest BCUT2D eigenvalue weighted by atomic mass is 10.1. The molecule has 1 atom stereocenters. The SMILES string of the molecule is COCC(=O)N(CCCO)CC(C)C(=O)OC. The topological polar surface area (TPSA) is 76.1 Å². The second-order valence-corrected chi connectivity index (χ2v) is 3.77. The van der Waals surface area contributed by atoms with Crippen LogP contribution in [0.1, 0.15) is 13.3 Å². The van der Waals surface area contributed by atoms with Crippen molar-refractivity contribution in [1.82, 2.24) is 4.90 Å². The van der Waals surface area contributed by atoms with Gasteiger partial charge in [0.05, 0.1) is 13.0 Å². The molecule has 1 N–H and O–H groups in total. The number of esters is 1. The normalized spacial score (nSPS) is 12.0. The Morgan fingerprint density at radius 2 is 2.00 bits per heavy atom. The van der Waals surface area contributed by atoms with E-state index in [-0.39, 0.29) is 37.6 Å². The van der Waals surface area contributed by atoms with Crippen molar-refractivity contribution in [3.8, 4) is 0 Å². The van der Waals surface area contributed by atoms with Gasteiger partial charge in [-0.1, -0.05) is 6.92 Å². The highest BCUT2D eigenvalue weighted by atomic mass is 16.5. The number of aliphatic hydroxyl groups excluding tert-OH is 1. The van der Waals surface area contributed by atoms with Crippen LogP contribution in [-0.4, -0.2) is 62.4 Å². The van der Waals surface area contributed by atoms with Crippen LogP contribution in [0.4, 0.5) is 0 Å². The van der Waals surface area contributed by atoms with Crippen LogP contribution in [0.25, 0.3) is 0 Å². The third-order valence-corrected chi connectivity index (χ3v) is 2.30. The number of amides is 1. The largest absolute Gasteiger partial charge is 0.469 e. The molecule has 0 heterocycles. The maximum Gasteiger partial charge on any atom is 0.310 e. The molecule has 0 aliphatic rings. The van der Waals surface area contributed by atoms with E-state index >= 15 is 0 Å². The van der Waals surface area contributed by atoms with E-state index < -0.39 is 0 Å². The molecule has 17 heavy (non-hydrogen) atoms. The zero-order chi connectivity index (χ0) is 13.3. The molecule has 0 rings (SSSR count). The predicted octanol–water partition coefficient (Wildman–Crippen LogP) is -0.347. The third kappa shape index (κ3) is 6.23. The number of carbonyl (C=O) groups excluding carboxylic acids is 2. The number of hydrogen-bond acceptors (Lipinski definition) is 5.